The number of sulfonamides is 1. The minimum absolute atomic E-state index is 0.00990. The monoisotopic (exact) mass is 371 g/mol. The molecule has 0 aliphatic carbocycles. The zero-order valence-electron chi connectivity index (χ0n) is 10.8. The summed E-state index contributed by atoms with van der Waals surface area (Å²) in [5.41, 5.74) is 0.417. The third-order valence-corrected chi connectivity index (χ3v) is 5.28. The first-order valence-corrected chi connectivity index (χ1v) is 8.37. The van der Waals surface area contributed by atoms with E-state index in [2.05, 4.69) is 20.7 Å². The van der Waals surface area contributed by atoms with E-state index in [-0.39, 0.29) is 4.90 Å². The van der Waals surface area contributed by atoms with Crippen molar-refractivity contribution in [3.05, 3.63) is 64.6 Å². The summed E-state index contributed by atoms with van der Waals surface area (Å²) in [4.78, 5) is -0.00990. The van der Waals surface area contributed by atoms with Crippen molar-refractivity contribution >= 4 is 26.0 Å². The van der Waals surface area contributed by atoms with Gasteiger partial charge in [0.05, 0.1) is 4.90 Å². The van der Waals surface area contributed by atoms with Crippen LogP contribution in [0, 0.1) is 0 Å². The van der Waals surface area contributed by atoms with Crippen LogP contribution in [0.5, 0.6) is 0 Å². The lowest BCUT2D eigenvalue weighted by Crippen LogP contribution is -2.39. The number of hydrogen-bond acceptors (Lipinski definition) is 4. The molecule has 112 valence electrons. The summed E-state index contributed by atoms with van der Waals surface area (Å²) in [6.45, 7) is 0. The maximum absolute atomic E-state index is 12.2. The van der Waals surface area contributed by atoms with Gasteiger partial charge in [0.15, 0.2) is 0 Å². The van der Waals surface area contributed by atoms with Gasteiger partial charge < -0.3 is 10.2 Å². The molecule has 21 heavy (non-hydrogen) atoms. The van der Waals surface area contributed by atoms with Crippen molar-refractivity contribution in [1.82, 2.24) is 4.72 Å². The average molecular weight is 372 g/mol. The van der Waals surface area contributed by atoms with E-state index in [4.69, 9.17) is 0 Å². The second-order valence-electron chi connectivity index (χ2n) is 4.35. The van der Waals surface area contributed by atoms with Crippen molar-refractivity contribution < 1.29 is 18.6 Å². The number of rotatable bonds is 5. The molecule has 3 N–H and O–H groups in total. The lowest BCUT2D eigenvalue weighted by molar-refractivity contribution is 0.0117. The zero-order valence-corrected chi connectivity index (χ0v) is 13.3. The second kappa shape index (κ2) is 6.67. The molecule has 0 saturated carbocycles. The second-order valence-corrected chi connectivity index (χ2v) is 6.89. The zero-order chi connectivity index (χ0) is 15.5. The minimum Gasteiger partial charge on any atom is -0.384 e. The van der Waals surface area contributed by atoms with Crippen molar-refractivity contribution in [2.75, 3.05) is 0 Å². The molecule has 0 spiro atoms. The summed E-state index contributed by atoms with van der Waals surface area (Å²) in [7, 11) is -3.95. The van der Waals surface area contributed by atoms with Gasteiger partial charge in [-0.3, -0.25) is 0 Å². The van der Waals surface area contributed by atoms with Crippen LogP contribution in [0.1, 0.15) is 11.7 Å². The Balaban J connectivity index is 2.19. The molecule has 0 saturated heterocycles. The lowest BCUT2D eigenvalue weighted by Gasteiger charge is -2.19. The van der Waals surface area contributed by atoms with Crippen molar-refractivity contribution in [2.45, 2.75) is 17.2 Å². The largest absolute Gasteiger partial charge is 0.384 e. The van der Waals surface area contributed by atoms with Crippen LogP contribution in [0.4, 0.5) is 0 Å². The quantitative estimate of drug-likeness (QED) is 0.699. The predicted octanol–water partition coefficient (Wildman–Crippen LogP) is 1.78. The van der Waals surface area contributed by atoms with Crippen LogP contribution < -0.4 is 4.72 Å². The van der Waals surface area contributed by atoms with E-state index in [1.54, 1.807) is 48.5 Å². The summed E-state index contributed by atoms with van der Waals surface area (Å²) < 4.78 is 26.8. The summed E-state index contributed by atoms with van der Waals surface area (Å²) in [6, 6.07) is 14.6. The molecule has 2 rings (SSSR count). The van der Waals surface area contributed by atoms with Crippen LogP contribution in [0.15, 0.2) is 64.0 Å². The highest BCUT2D eigenvalue weighted by Gasteiger charge is 2.26. The Bertz CT molecular complexity index is 706. The fourth-order valence-electron chi connectivity index (χ4n) is 1.78. The Hall–Kier alpha value is -1.25. The lowest BCUT2D eigenvalue weighted by atomic mass is 10.1. The SMILES string of the molecule is O=S(=O)(N[C@@H](O)[C@@H](O)c1ccccc1)c1ccccc1Br. The van der Waals surface area contributed by atoms with E-state index < -0.39 is 22.4 Å². The van der Waals surface area contributed by atoms with E-state index >= 15 is 0 Å². The van der Waals surface area contributed by atoms with Crippen LogP contribution in [0.25, 0.3) is 0 Å². The highest BCUT2D eigenvalue weighted by molar-refractivity contribution is 9.10. The first kappa shape index (κ1) is 16.1. The molecule has 2 aromatic rings. The minimum atomic E-state index is -3.95. The summed E-state index contributed by atoms with van der Waals surface area (Å²) in [5.74, 6) is 0. The van der Waals surface area contributed by atoms with Gasteiger partial charge >= 0.3 is 0 Å². The van der Waals surface area contributed by atoms with Gasteiger partial charge in [-0.05, 0) is 33.6 Å². The number of hydrogen-bond donors (Lipinski definition) is 3. The molecule has 0 aromatic heterocycles. The van der Waals surface area contributed by atoms with Crippen LogP contribution in [0.2, 0.25) is 0 Å². The highest BCUT2D eigenvalue weighted by atomic mass is 79.9. The van der Waals surface area contributed by atoms with E-state index in [1.807, 2.05) is 0 Å². The standard InChI is InChI=1S/C14H14BrNO4S/c15-11-8-4-5-9-12(11)21(19,20)16-14(18)13(17)10-6-2-1-3-7-10/h1-9,13-14,16-18H/t13-,14-/m0/s1. The molecule has 0 amide bonds. The third-order valence-electron chi connectivity index (χ3n) is 2.84. The molecule has 7 heteroatoms. The molecule has 2 atom stereocenters. The summed E-state index contributed by atoms with van der Waals surface area (Å²) >= 11 is 3.14. The molecule has 0 aliphatic rings. The molecule has 0 heterocycles. The van der Waals surface area contributed by atoms with Gasteiger partial charge in [0, 0.05) is 4.47 Å². The van der Waals surface area contributed by atoms with Crippen LogP contribution in [0.3, 0.4) is 0 Å². The van der Waals surface area contributed by atoms with Gasteiger partial charge in [-0.15, -0.1) is 0 Å². The Morgan fingerprint density at radius 1 is 0.952 bits per heavy atom. The Labute approximate surface area is 131 Å². The Morgan fingerprint density at radius 2 is 1.52 bits per heavy atom. The summed E-state index contributed by atoms with van der Waals surface area (Å²) in [6.07, 6.45) is -3.01. The van der Waals surface area contributed by atoms with Crippen molar-refractivity contribution in [3.8, 4) is 0 Å². The fraction of sp³-hybridized carbons (Fsp3) is 0.143. The van der Waals surface area contributed by atoms with Gasteiger partial charge in [-0.1, -0.05) is 42.5 Å². The maximum Gasteiger partial charge on any atom is 0.243 e. The Kier molecular flexibility index (Phi) is 5.13. The van der Waals surface area contributed by atoms with Gasteiger partial charge in [-0.25, -0.2) is 8.42 Å². The molecule has 0 aliphatic heterocycles. The number of aliphatic hydroxyl groups is 2. The van der Waals surface area contributed by atoms with E-state index in [1.165, 1.54) is 6.07 Å². The van der Waals surface area contributed by atoms with Gasteiger partial charge in [-0.2, -0.15) is 4.72 Å². The predicted molar refractivity (Wildman–Crippen MR) is 81.9 cm³/mol. The molecular formula is C14H14BrNO4S. The van der Waals surface area contributed by atoms with Crippen LogP contribution in [-0.4, -0.2) is 24.9 Å². The van der Waals surface area contributed by atoms with Crippen LogP contribution in [-0.2, 0) is 10.0 Å². The summed E-state index contributed by atoms with van der Waals surface area (Å²) in [5, 5.41) is 19.9. The number of halogens is 1. The average Bonchev–Trinajstić information content (AvgIpc) is 2.47. The normalized spacial score (nSPS) is 14.6. The molecule has 0 radical (unpaired) electrons. The first-order chi connectivity index (χ1) is 9.92. The molecule has 5 nitrogen and oxygen atoms in total. The molecule has 2 aromatic carbocycles. The van der Waals surface area contributed by atoms with Crippen molar-refractivity contribution in [3.63, 3.8) is 0 Å². The van der Waals surface area contributed by atoms with Crippen molar-refractivity contribution in [2.24, 2.45) is 0 Å². The molecule has 0 bridgehead atoms. The molecular weight excluding hydrogens is 358 g/mol. The topological polar surface area (TPSA) is 86.6 Å². The number of benzene rings is 2. The third kappa shape index (κ3) is 3.90. The van der Waals surface area contributed by atoms with E-state index in [9.17, 15) is 18.6 Å². The van der Waals surface area contributed by atoms with Gasteiger partial charge in [0.2, 0.25) is 10.0 Å². The Morgan fingerprint density at radius 3 is 2.14 bits per heavy atom. The highest BCUT2D eigenvalue weighted by Crippen LogP contribution is 2.22. The first-order valence-electron chi connectivity index (χ1n) is 6.10. The smallest absolute Gasteiger partial charge is 0.243 e. The van der Waals surface area contributed by atoms with Crippen LogP contribution >= 0.6 is 15.9 Å². The number of aliphatic hydroxyl groups excluding tert-OH is 2. The van der Waals surface area contributed by atoms with E-state index in [0.29, 0.717) is 10.0 Å². The fourth-order valence-corrected chi connectivity index (χ4v) is 3.86. The molecule has 0 fully saturated rings. The maximum atomic E-state index is 12.2. The van der Waals surface area contributed by atoms with E-state index in [0.717, 1.165) is 0 Å². The van der Waals surface area contributed by atoms with Gasteiger partial charge in [0.1, 0.15) is 12.3 Å². The van der Waals surface area contributed by atoms with Crippen molar-refractivity contribution in [1.29, 1.82) is 0 Å². The number of nitrogens with one attached hydrogen (secondary N) is 1. The molecule has 0 unspecified atom stereocenters. The van der Waals surface area contributed by atoms with Gasteiger partial charge in [0.25, 0.3) is 0 Å².